The van der Waals surface area contributed by atoms with E-state index in [2.05, 4.69) is 20.8 Å². The van der Waals surface area contributed by atoms with Gasteiger partial charge in [-0.3, -0.25) is 4.79 Å². The lowest BCUT2D eigenvalue weighted by molar-refractivity contribution is -0.140. The van der Waals surface area contributed by atoms with Crippen LogP contribution in [0, 0.1) is 22.7 Å². The van der Waals surface area contributed by atoms with Crippen LogP contribution in [0.1, 0.15) is 46.5 Å². The highest BCUT2D eigenvalue weighted by molar-refractivity contribution is 5.74. The Morgan fingerprint density at radius 3 is 2.36 bits per heavy atom. The van der Waals surface area contributed by atoms with Crippen molar-refractivity contribution >= 4 is 5.97 Å². The monoisotopic (exact) mass is 196 g/mol. The maximum atomic E-state index is 11.0. The summed E-state index contributed by atoms with van der Waals surface area (Å²) in [6.07, 6.45) is 4.42. The molecule has 0 aliphatic heterocycles. The molecule has 2 fully saturated rings. The van der Waals surface area contributed by atoms with Crippen molar-refractivity contribution in [2.45, 2.75) is 46.5 Å². The normalized spacial score (nSPS) is 45.1. The lowest BCUT2D eigenvalue weighted by Gasteiger charge is -2.39. The van der Waals surface area contributed by atoms with Crippen LogP contribution < -0.4 is 0 Å². The van der Waals surface area contributed by atoms with Crippen molar-refractivity contribution in [1.82, 2.24) is 0 Å². The van der Waals surface area contributed by atoms with Gasteiger partial charge < -0.3 is 5.11 Å². The van der Waals surface area contributed by atoms with Gasteiger partial charge in [-0.1, -0.05) is 20.8 Å². The molecule has 0 saturated heterocycles. The second-order valence-electron chi connectivity index (χ2n) is 6.31. The van der Waals surface area contributed by atoms with E-state index in [0.29, 0.717) is 11.3 Å². The fraction of sp³-hybridized carbons (Fsp3) is 0.917. The molecule has 3 atom stereocenters. The van der Waals surface area contributed by atoms with E-state index in [-0.39, 0.29) is 11.3 Å². The minimum atomic E-state index is -0.574. The van der Waals surface area contributed by atoms with Crippen molar-refractivity contribution in [1.29, 1.82) is 0 Å². The number of rotatable bonds is 1. The van der Waals surface area contributed by atoms with E-state index in [4.69, 9.17) is 5.11 Å². The van der Waals surface area contributed by atoms with Gasteiger partial charge >= 0.3 is 5.97 Å². The molecular formula is C12H20O2. The van der Waals surface area contributed by atoms with Gasteiger partial charge in [-0.25, -0.2) is 0 Å². The summed E-state index contributed by atoms with van der Waals surface area (Å²) in [7, 11) is 0. The van der Waals surface area contributed by atoms with Crippen LogP contribution >= 0.6 is 0 Å². The topological polar surface area (TPSA) is 37.3 Å². The molecule has 0 heterocycles. The number of hydrogen-bond acceptors (Lipinski definition) is 1. The van der Waals surface area contributed by atoms with Gasteiger partial charge in [-0.15, -0.1) is 0 Å². The zero-order valence-corrected chi connectivity index (χ0v) is 9.34. The van der Waals surface area contributed by atoms with Crippen LogP contribution in [0.25, 0.3) is 0 Å². The highest BCUT2D eigenvalue weighted by Gasteiger charge is 2.61. The van der Waals surface area contributed by atoms with E-state index in [1.54, 1.807) is 0 Å². The SMILES string of the molecule is CC1CC(C)(C)CC2(C1)CC2C(=O)O. The summed E-state index contributed by atoms with van der Waals surface area (Å²) in [4.78, 5) is 11.0. The summed E-state index contributed by atoms with van der Waals surface area (Å²) in [5.41, 5.74) is 0.523. The number of hydrogen-bond donors (Lipinski definition) is 1. The highest BCUT2D eigenvalue weighted by Crippen LogP contribution is 2.66. The molecule has 80 valence electrons. The molecule has 2 heteroatoms. The largest absolute Gasteiger partial charge is 0.481 e. The summed E-state index contributed by atoms with van der Waals surface area (Å²) >= 11 is 0. The molecular weight excluding hydrogens is 176 g/mol. The molecule has 0 aromatic heterocycles. The van der Waals surface area contributed by atoms with Crippen LogP contribution in [-0.4, -0.2) is 11.1 Å². The van der Waals surface area contributed by atoms with Crippen LogP contribution in [0.2, 0.25) is 0 Å². The molecule has 2 nitrogen and oxygen atoms in total. The van der Waals surface area contributed by atoms with Crippen LogP contribution in [0.3, 0.4) is 0 Å². The average Bonchev–Trinajstić information content (AvgIpc) is 2.57. The van der Waals surface area contributed by atoms with Crippen molar-refractivity contribution in [3.05, 3.63) is 0 Å². The Balaban J connectivity index is 2.12. The fourth-order valence-electron chi connectivity index (χ4n) is 3.92. The molecule has 0 aromatic carbocycles. The van der Waals surface area contributed by atoms with Crippen LogP contribution in [-0.2, 0) is 4.79 Å². The van der Waals surface area contributed by atoms with Crippen molar-refractivity contribution in [3.8, 4) is 0 Å². The molecule has 0 amide bonds. The summed E-state index contributed by atoms with van der Waals surface area (Å²) < 4.78 is 0. The zero-order chi connectivity index (χ0) is 10.6. The number of carboxylic acid groups (broad SMARTS) is 1. The molecule has 2 aliphatic carbocycles. The molecule has 0 bridgehead atoms. The standard InChI is InChI=1S/C12H20O2/c1-8-4-11(2,3)7-12(5-8)6-9(12)10(13)14/h8-9H,4-7H2,1-3H3,(H,13,14). The third kappa shape index (κ3) is 1.55. The fourth-order valence-corrected chi connectivity index (χ4v) is 3.92. The third-order valence-electron chi connectivity index (χ3n) is 3.97. The van der Waals surface area contributed by atoms with E-state index in [1.807, 2.05) is 0 Å². The molecule has 0 radical (unpaired) electrons. The Morgan fingerprint density at radius 1 is 1.29 bits per heavy atom. The quantitative estimate of drug-likeness (QED) is 0.700. The predicted octanol–water partition coefficient (Wildman–Crippen LogP) is 2.92. The Labute approximate surface area is 85.7 Å². The van der Waals surface area contributed by atoms with Gasteiger partial charge in [-0.2, -0.15) is 0 Å². The van der Waals surface area contributed by atoms with E-state index in [1.165, 1.54) is 6.42 Å². The summed E-state index contributed by atoms with van der Waals surface area (Å²) in [6, 6.07) is 0. The van der Waals surface area contributed by atoms with Crippen LogP contribution in [0.15, 0.2) is 0 Å². The first-order valence-corrected chi connectivity index (χ1v) is 5.57. The molecule has 3 unspecified atom stereocenters. The molecule has 2 saturated carbocycles. The van der Waals surface area contributed by atoms with Gasteiger partial charge in [0, 0.05) is 0 Å². The predicted molar refractivity (Wildman–Crippen MR) is 55.0 cm³/mol. The first-order valence-electron chi connectivity index (χ1n) is 5.57. The molecule has 0 aromatic rings. The molecule has 2 rings (SSSR count). The van der Waals surface area contributed by atoms with E-state index < -0.39 is 5.97 Å². The van der Waals surface area contributed by atoms with E-state index >= 15 is 0 Å². The van der Waals surface area contributed by atoms with Gasteiger partial charge in [0.05, 0.1) is 5.92 Å². The van der Waals surface area contributed by atoms with Gasteiger partial charge in [0.25, 0.3) is 0 Å². The van der Waals surface area contributed by atoms with Crippen molar-refractivity contribution in [2.75, 3.05) is 0 Å². The van der Waals surface area contributed by atoms with Crippen molar-refractivity contribution < 1.29 is 9.90 Å². The minimum absolute atomic E-state index is 0.0375. The lowest BCUT2D eigenvalue weighted by atomic mass is 9.65. The second kappa shape index (κ2) is 2.74. The minimum Gasteiger partial charge on any atom is -0.481 e. The Kier molecular flexibility index (Phi) is 1.96. The molecule has 1 spiro atoms. The molecule has 1 N–H and O–H groups in total. The maximum absolute atomic E-state index is 11.0. The third-order valence-corrected chi connectivity index (χ3v) is 3.97. The highest BCUT2D eigenvalue weighted by atomic mass is 16.4. The number of aliphatic carboxylic acids is 1. The summed E-state index contributed by atoms with van der Waals surface area (Å²) in [5, 5.41) is 9.03. The van der Waals surface area contributed by atoms with Gasteiger partial charge in [0.2, 0.25) is 0 Å². The zero-order valence-electron chi connectivity index (χ0n) is 9.34. The lowest BCUT2D eigenvalue weighted by Crippen LogP contribution is -2.30. The first-order chi connectivity index (χ1) is 6.35. The van der Waals surface area contributed by atoms with Crippen molar-refractivity contribution in [2.24, 2.45) is 22.7 Å². The van der Waals surface area contributed by atoms with Crippen LogP contribution in [0.4, 0.5) is 0 Å². The van der Waals surface area contributed by atoms with Gasteiger partial charge in [0.15, 0.2) is 0 Å². The second-order valence-corrected chi connectivity index (χ2v) is 6.31. The maximum Gasteiger partial charge on any atom is 0.307 e. The first kappa shape index (κ1) is 10.0. The Morgan fingerprint density at radius 2 is 1.93 bits per heavy atom. The van der Waals surface area contributed by atoms with Crippen molar-refractivity contribution in [3.63, 3.8) is 0 Å². The van der Waals surface area contributed by atoms with E-state index in [0.717, 1.165) is 19.3 Å². The summed E-state index contributed by atoms with van der Waals surface area (Å²) in [6.45, 7) is 6.82. The Bertz CT molecular complexity index is 269. The molecule has 2 aliphatic rings. The van der Waals surface area contributed by atoms with Gasteiger partial charge in [-0.05, 0) is 42.4 Å². The number of carbonyl (C=O) groups is 1. The number of carboxylic acids is 1. The average molecular weight is 196 g/mol. The Hall–Kier alpha value is -0.530. The molecule has 14 heavy (non-hydrogen) atoms. The van der Waals surface area contributed by atoms with Gasteiger partial charge in [0.1, 0.15) is 0 Å². The smallest absolute Gasteiger partial charge is 0.307 e. The summed E-state index contributed by atoms with van der Waals surface area (Å²) in [5.74, 6) is 0.0857. The van der Waals surface area contributed by atoms with Crippen LogP contribution in [0.5, 0.6) is 0 Å². The van der Waals surface area contributed by atoms with E-state index in [9.17, 15) is 4.79 Å².